The highest BCUT2D eigenvalue weighted by Gasteiger charge is 2.05. The van der Waals surface area contributed by atoms with E-state index in [1.807, 2.05) is 10.8 Å². The van der Waals surface area contributed by atoms with E-state index < -0.39 is 0 Å². The number of nitrogens with zero attached hydrogens (tertiary/aromatic N) is 4. The number of imidazole rings is 1. The van der Waals surface area contributed by atoms with E-state index in [4.69, 9.17) is 18.0 Å². The van der Waals surface area contributed by atoms with Crippen molar-refractivity contribution in [1.29, 1.82) is 0 Å². The molecule has 2 heterocycles. The number of nitrogens with one attached hydrogen (secondary N) is 1. The Morgan fingerprint density at radius 2 is 2.35 bits per heavy atom. The average Bonchev–Trinajstić information content (AvgIpc) is 2.82. The highest BCUT2D eigenvalue weighted by Crippen LogP contribution is 2.09. The molecule has 0 unspecified atom stereocenters. The third kappa shape index (κ3) is 2.97. The smallest absolute Gasteiger partial charge is 0.159 e. The summed E-state index contributed by atoms with van der Waals surface area (Å²) in [5, 5.41) is 10.9. The molecule has 0 radical (unpaired) electrons. The minimum Gasteiger partial charge on any atom is -0.389 e. The molecule has 0 fully saturated rings. The third-order valence-corrected chi connectivity index (χ3v) is 2.43. The number of hydrogen-bond acceptors (Lipinski definition) is 5. The van der Waals surface area contributed by atoms with E-state index in [9.17, 15) is 0 Å². The normalized spacial score (nSPS) is 10.1. The molecule has 0 saturated carbocycles. The molecule has 0 aliphatic carbocycles. The molecule has 88 valence electrons. The summed E-state index contributed by atoms with van der Waals surface area (Å²) < 4.78 is 1.96. The van der Waals surface area contributed by atoms with Gasteiger partial charge in [0.05, 0.1) is 18.1 Å². The Morgan fingerprint density at radius 1 is 1.47 bits per heavy atom. The first-order valence-corrected chi connectivity index (χ1v) is 5.49. The van der Waals surface area contributed by atoms with Gasteiger partial charge < -0.3 is 15.6 Å². The Labute approximate surface area is 104 Å². The summed E-state index contributed by atoms with van der Waals surface area (Å²) >= 11 is 4.93. The molecular formula is C10H12N6S. The molecule has 0 atom stereocenters. The Bertz CT molecular complexity index is 495. The van der Waals surface area contributed by atoms with E-state index in [0.29, 0.717) is 22.9 Å². The Hall–Kier alpha value is -2.02. The summed E-state index contributed by atoms with van der Waals surface area (Å²) in [4.78, 5) is 4.27. The predicted octanol–water partition coefficient (Wildman–Crippen LogP) is 0.419. The fourth-order valence-electron chi connectivity index (χ4n) is 1.38. The van der Waals surface area contributed by atoms with E-state index in [1.165, 1.54) is 0 Å². The van der Waals surface area contributed by atoms with Gasteiger partial charge >= 0.3 is 0 Å². The molecule has 0 bridgehead atoms. The zero-order valence-electron chi connectivity index (χ0n) is 9.08. The van der Waals surface area contributed by atoms with Crippen LogP contribution in [0.1, 0.15) is 5.56 Å². The van der Waals surface area contributed by atoms with Gasteiger partial charge in [-0.05, 0) is 6.07 Å². The van der Waals surface area contributed by atoms with Crippen LogP contribution in [0.3, 0.4) is 0 Å². The fraction of sp³-hybridized carbons (Fsp3) is 0.200. The summed E-state index contributed by atoms with van der Waals surface area (Å²) in [7, 11) is 0. The molecule has 0 aliphatic heterocycles. The zero-order chi connectivity index (χ0) is 12.1. The molecule has 6 nitrogen and oxygen atoms in total. The number of nitrogens with two attached hydrogens (primary N) is 1. The molecule has 0 spiro atoms. The van der Waals surface area contributed by atoms with Crippen molar-refractivity contribution < 1.29 is 0 Å². The summed E-state index contributed by atoms with van der Waals surface area (Å²) in [5.74, 6) is 0.611. The molecule has 2 aromatic heterocycles. The van der Waals surface area contributed by atoms with Crippen LogP contribution in [-0.2, 0) is 6.54 Å². The number of hydrogen-bond donors (Lipinski definition) is 2. The van der Waals surface area contributed by atoms with Gasteiger partial charge in [-0.2, -0.15) is 5.10 Å². The zero-order valence-corrected chi connectivity index (χ0v) is 9.89. The average molecular weight is 248 g/mol. The molecule has 0 aliphatic rings. The van der Waals surface area contributed by atoms with Crippen LogP contribution in [0.2, 0.25) is 0 Å². The highest BCUT2D eigenvalue weighted by atomic mass is 32.1. The first kappa shape index (κ1) is 11.5. The lowest BCUT2D eigenvalue weighted by Crippen LogP contribution is -2.17. The van der Waals surface area contributed by atoms with Crippen molar-refractivity contribution >= 4 is 23.0 Å². The van der Waals surface area contributed by atoms with Crippen LogP contribution in [0.4, 0.5) is 5.82 Å². The lowest BCUT2D eigenvalue weighted by molar-refractivity contribution is 0.724. The lowest BCUT2D eigenvalue weighted by atomic mass is 10.3. The monoisotopic (exact) mass is 248 g/mol. The molecule has 17 heavy (non-hydrogen) atoms. The molecule has 0 aromatic carbocycles. The van der Waals surface area contributed by atoms with Crippen molar-refractivity contribution in [2.75, 3.05) is 11.9 Å². The van der Waals surface area contributed by atoms with Crippen molar-refractivity contribution in [1.82, 2.24) is 19.7 Å². The minimum atomic E-state index is 0.310. The second-order valence-electron chi connectivity index (χ2n) is 3.39. The first-order valence-electron chi connectivity index (χ1n) is 5.08. The van der Waals surface area contributed by atoms with Crippen LogP contribution >= 0.6 is 12.2 Å². The van der Waals surface area contributed by atoms with E-state index in [0.717, 1.165) is 6.54 Å². The van der Waals surface area contributed by atoms with Crippen LogP contribution in [0, 0.1) is 0 Å². The molecule has 7 heteroatoms. The van der Waals surface area contributed by atoms with Crippen LogP contribution < -0.4 is 11.1 Å². The van der Waals surface area contributed by atoms with Gasteiger partial charge in [-0.1, -0.05) is 12.2 Å². The van der Waals surface area contributed by atoms with Crippen LogP contribution in [-0.4, -0.2) is 31.3 Å². The maximum atomic E-state index is 5.59. The lowest BCUT2D eigenvalue weighted by Gasteiger charge is -2.08. The van der Waals surface area contributed by atoms with Gasteiger partial charge in [0.25, 0.3) is 0 Å². The van der Waals surface area contributed by atoms with Gasteiger partial charge in [-0.3, -0.25) is 0 Å². The maximum Gasteiger partial charge on any atom is 0.159 e. The number of anilines is 1. The minimum absolute atomic E-state index is 0.310. The van der Waals surface area contributed by atoms with E-state index >= 15 is 0 Å². The van der Waals surface area contributed by atoms with E-state index in [2.05, 4.69) is 20.5 Å². The summed E-state index contributed by atoms with van der Waals surface area (Å²) in [6.45, 7) is 1.48. The third-order valence-electron chi connectivity index (χ3n) is 2.21. The number of aromatic nitrogens is 4. The molecular weight excluding hydrogens is 236 g/mol. The molecule has 2 rings (SSSR count). The maximum absolute atomic E-state index is 5.59. The van der Waals surface area contributed by atoms with Crippen molar-refractivity contribution in [3.05, 3.63) is 36.5 Å². The van der Waals surface area contributed by atoms with Gasteiger partial charge in [0.15, 0.2) is 5.82 Å². The van der Waals surface area contributed by atoms with Gasteiger partial charge in [-0.25, -0.2) is 4.98 Å². The van der Waals surface area contributed by atoms with Crippen molar-refractivity contribution in [3.63, 3.8) is 0 Å². The molecule has 0 amide bonds. The van der Waals surface area contributed by atoms with Crippen molar-refractivity contribution in [2.24, 2.45) is 5.73 Å². The summed E-state index contributed by atoms with van der Waals surface area (Å²) in [6, 6.07) is 1.74. The number of thiocarbonyl (C=S) groups is 1. The van der Waals surface area contributed by atoms with Gasteiger partial charge in [0.1, 0.15) is 4.99 Å². The Morgan fingerprint density at radius 3 is 3.06 bits per heavy atom. The molecule has 3 N–H and O–H groups in total. The standard InChI is InChI=1S/C10H12N6S/c11-9(17)8-1-2-14-15-10(8)13-4-6-16-5-3-12-7-16/h1-3,5,7H,4,6H2,(H2,11,17)(H,13,15). The van der Waals surface area contributed by atoms with E-state index in [-0.39, 0.29) is 0 Å². The Kier molecular flexibility index (Phi) is 3.61. The van der Waals surface area contributed by atoms with Crippen molar-refractivity contribution in [2.45, 2.75) is 6.54 Å². The summed E-state index contributed by atoms with van der Waals surface area (Å²) in [6.07, 6.45) is 6.96. The molecule has 0 saturated heterocycles. The van der Waals surface area contributed by atoms with Crippen LogP contribution in [0.15, 0.2) is 31.0 Å². The van der Waals surface area contributed by atoms with Crippen LogP contribution in [0.5, 0.6) is 0 Å². The topological polar surface area (TPSA) is 81.6 Å². The molecule has 2 aromatic rings. The van der Waals surface area contributed by atoms with Gasteiger partial charge in [0.2, 0.25) is 0 Å². The second-order valence-corrected chi connectivity index (χ2v) is 3.82. The highest BCUT2D eigenvalue weighted by molar-refractivity contribution is 7.80. The van der Waals surface area contributed by atoms with Crippen molar-refractivity contribution in [3.8, 4) is 0 Å². The van der Waals surface area contributed by atoms with Crippen LogP contribution in [0.25, 0.3) is 0 Å². The second kappa shape index (κ2) is 5.35. The SMILES string of the molecule is NC(=S)c1ccnnc1NCCn1ccnc1. The van der Waals surface area contributed by atoms with Gasteiger partial charge in [-0.15, -0.1) is 5.10 Å². The first-order chi connectivity index (χ1) is 8.27. The Balaban J connectivity index is 1.97. The van der Waals surface area contributed by atoms with E-state index in [1.54, 1.807) is 24.8 Å². The predicted molar refractivity (Wildman–Crippen MR) is 68.6 cm³/mol. The van der Waals surface area contributed by atoms with Gasteiger partial charge in [0, 0.05) is 25.5 Å². The summed E-state index contributed by atoms with van der Waals surface area (Å²) in [5.41, 5.74) is 6.30. The fourth-order valence-corrected chi connectivity index (χ4v) is 1.55. The largest absolute Gasteiger partial charge is 0.389 e. The quantitative estimate of drug-likeness (QED) is 0.746. The number of rotatable bonds is 5.